The lowest BCUT2D eigenvalue weighted by Crippen LogP contribution is -2.15. The Morgan fingerprint density at radius 1 is 0.411 bits per heavy atom. The minimum atomic E-state index is -0.183. The van der Waals surface area contributed by atoms with Crippen molar-refractivity contribution >= 4 is 39.0 Å². The average Bonchev–Trinajstić information content (AvgIpc) is 3.82. The number of hydrogen-bond donors (Lipinski definition) is 0. The second-order valence-corrected chi connectivity index (χ2v) is 16.5. The van der Waals surface area contributed by atoms with Crippen LogP contribution in [0.4, 0.5) is 17.1 Å². The predicted molar refractivity (Wildman–Crippen MR) is 234 cm³/mol. The van der Waals surface area contributed by atoms with Crippen LogP contribution in [-0.4, -0.2) is 0 Å². The molecule has 0 bridgehead atoms. The molecule has 56 heavy (non-hydrogen) atoms. The minimum Gasteiger partial charge on any atom is -0.456 e. The number of hydrogen-bond acceptors (Lipinski definition) is 2. The summed E-state index contributed by atoms with van der Waals surface area (Å²) in [5.41, 5.74) is 20.4. The second-order valence-electron chi connectivity index (χ2n) is 16.5. The van der Waals surface area contributed by atoms with Gasteiger partial charge in [0.2, 0.25) is 0 Å². The molecule has 2 aliphatic carbocycles. The van der Waals surface area contributed by atoms with Crippen LogP contribution in [0.2, 0.25) is 0 Å². The van der Waals surface area contributed by atoms with Crippen LogP contribution in [0.5, 0.6) is 0 Å². The van der Waals surface area contributed by atoms with Gasteiger partial charge in [0.15, 0.2) is 0 Å². The Labute approximate surface area is 328 Å². The van der Waals surface area contributed by atoms with E-state index in [-0.39, 0.29) is 10.8 Å². The highest BCUT2D eigenvalue weighted by atomic mass is 16.3. The summed E-state index contributed by atoms with van der Waals surface area (Å²) in [6.07, 6.45) is 0. The highest BCUT2D eigenvalue weighted by Crippen LogP contribution is 2.54. The van der Waals surface area contributed by atoms with Crippen LogP contribution in [-0.2, 0) is 10.8 Å². The zero-order valence-electron chi connectivity index (χ0n) is 32.1. The van der Waals surface area contributed by atoms with E-state index < -0.39 is 0 Å². The van der Waals surface area contributed by atoms with Gasteiger partial charge in [0.25, 0.3) is 0 Å². The Morgan fingerprint density at radius 3 is 1.64 bits per heavy atom. The van der Waals surface area contributed by atoms with Crippen LogP contribution < -0.4 is 4.90 Å². The Balaban J connectivity index is 1.06. The molecule has 0 aliphatic heterocycles. The van der Waals surface area contributed by atoms with Crippen molar-refractivity contribution in [2.75, 3.05) is 4.90 Å². The topological polar surface area (TPSA) is 16.4 Å². The molecule has 8 aromatic carbocycles. The van der Waals surface area contributed by atoms with Gasteiger partial charge in [0.1, 0.15) is 11.2 Å². The van der Waals surface area contributed by atoms with E-state index in [1.54, 1.807) is 0 Å². The molecule has 9 aromatic rings. The number of furan rings is 1. The van der Waals surface area contributed by atoms with Crippen molar-refractivity contribution in [2.24, 2.45) is 0 Å². The minimum absolute atomic E-state index is 0.0469. The third-order valence-electron chi connectivity index (χ3n) is 12.7. The number of anilines is 3. The van der Waals surface area contributed by atoms with Gasteiger partial charge in [-0.25, -0.2) is 0 Å². The molecule has 0 saturated carbocycles. The van der Waals surface area contributed by atoms with Crippen molar-refractivity contribution in [1.82, 2.24) is 0 Å². The van der Waals surface area contributed by atoms with Crippen LogP contribution >= 0.6 is 0 Å². The van der Waals surface area contributed by atoms with Crippen LogP contribution in [0.3, 0.4) is 0 Å². The lowest BCUT2D eigenvalue weighted by molar-refractivity contribution is 0.620. The summed E-state index contributed by atoms with van der Waals surface area (Å²) in [5.74, 6) is 0. The zero-order chi connectivity index (χ0) is 37.8. The highest BCUT2D eigenvalue weighted by Gasteiger charge is 2.39. The normalized spacial score (nSPS) is 14.4. The van der Waals surface area contributed by atoms with Crippen LogP contribution in [0.15, 0.2) is 180 Å². The molecule has 0 N–H and O–H groups in total. The average molecular weight is 720 g/mol. The van der Waals surface area contributed by atoms with Gasteiger partial charge >= 0.3 is 0 Å². The van der Waals surface area contributed by atoms with Gasteiger partial charge in [-0.1, -0.05) is 155 Å². The zero-order valence-corrected chi connectivity index (χ0v) is 32.1. The first-order valence-electron chi connectivity index (χ1n) is 19.7. The van der Waals surface area contributed by atoms with Crippen molar-refractivity contribution in [2.45, 2.75) is 38.5 Å². The molecular weight excluding hydrogens is 679 g/mol. The van der Waals surface area contributed by atoms with Gasteiger partial charge in [0, 0.05) is 33.2 Å². The molecule has 2 nitrogen and oxygen atoms in total. The van der Waals surface area contributed by atoms with Gasteiger partial charge in [-0.3, -0.25) is 0 Å². The summed E-state index contributed by atoms with van der Waals surface area (Å²) in [6.45, 7) is 9.35. The first-order chi connectivity index (χ1) is 27.3. The van der Waals surface area contributed by atoms with E-state index in [0.717, 1.165) is 39.0 Å². The first-order valence-corrected chi connectivity index (χ1v) is 19.7. The van der Waals surface area contributed by atoms with Gasteiger partial charge in [-0.05, 0) is 110 Å². The summed E-state index contributed by atoms with van der Waals surface area (Å²) in [7, 11) is 0. The molecule has 0 spiro atoms. The van der Waals surface area contributed by atoms with Gasteiger partial charge in [-0.2, -0.15) is 0 Å². The molecule has 1 aromatic heterocycles. The number of nitrogens with zero attached hydrogens (tertiary/aromatic N) is 1. The van der Waals surface area contributed by atoms with Crippen molar-refractivity contribution < 1.29 is 4.42 Å². The Morgan fingerprint density at radius 2 is 0.946 bits per heavy atom. The maximum absolute atomic E-state index is 6.93. The Bertz CT molecular complexity index is 3000. The fraction of sp³-hybridized carbons (Fsp3) is 0.111. The molecule has 268 valence electrons. The molecule has 1 heterocycles. The van der Waals surface area contributed by atoms with E-state index in [4.69, 9.17) is 4.42 Å². The van der Waals surface area contributed by atoms with Crippen LogP contribution in [0.25, 0.3) is 66.4 Å². The third-order valence-corrected chi connectivity index (χ3v) is 12.7. The lowest BCUT2D eigenvalue weighted by Gasteiger charge is -2.27. The fourth-order valence-electron chi connectivity index (χ4n) is 9.85. The van der Waals surface area contributed by atoms with E-state index in [9.17, 15) is 0 Å². The molecule has 11 rings (SSSR count). The number of benzene rings is 8. The molecule has 0 fully saturated rings. The SMILES string of the molecule is CC1(C)c2ccccc2-c2ccc(-c3ccc(N(c4ccc(-c5ccccc5)cc4)c4cccc5oc6c7c(ccc6c45)-c4ccccc4C7(C)C)cc3)cc21. The van der Waals surface area contributed by atoms with Crippen LogP contribution in [0.1, 0.15) is 49.9 Å². The molecular formula is C54H41NO. The Kier molecular flexibility index (Phi) is 6.98. The summed E-state index contributed by atoms with van der Waals surface area (Å²) in [6, 6.07) is 64.4. The molecule has 2 aliphatic rings. The van der Waals surface area contributed by atoms with Crippen molar-refractivity contribution in [3.05, 3.63) is 198 Å². The molecule has 0 saturated heterocycles. The third kappa shape index (κ3) is 4.69. The van der Waals surface area contributed by atoms with E-state index in [0.29, 0.717) is 0 Å². The highest BCUT2D eigenvalue weighted by molar-refractivity contribution is 6.15. The van der Waals surface area contributed by atoms with E-state index in [1.807, 2.05) is 0 Å². The first kappa shape index (κ1) is 32.8. The largest absolute Gasteiger partial charge is 0.456 e. The molecule has 0 unspecified atom stereocenters. The maximum Gasteiger partial charge on any atom is 0.140 e. The van der Waals surface area contributed by atoms with Crippen molar-refractivity contribution in [1.29, 1.82) is 0 Å². The second kappa shape index (κ2) is 11.9. The fourth-order valence-corrected chi connectivity index (χ4v) is 9.85. The summed E-state index contributed by atoms with van der Waals surface area (Å²) in [5, 5.41) is 2.26. The van der Waals surface area contributed by atoms with Gasteiger partial charge in [0.05, 0.1) is 11.1 Å². The van der Waals surface area contributed by atoms with Gasteiger partial charge in [-0.15, -0.1) is 0 Å². The smallest absolute Gasteiger partial charge is 0.140 e. The standard InChI is InChI=1S/C54H41NO/c1-53(2)45-17-10-8-15-40(45)42-30-25-37(33-47(42)53)36-23-28-39(29-24-36)55(38-26-21-35(22-27-38)34-13-6-5-7-14-34)48-19-12-20-49-50(48)44-32-31-43-41-16-9-11-18-46(41)54(3,4)51(43)52(44)56-49/h5-33H,1-4H3. The predicted octanol–water partition coefficient (Wildman–Crippen LogP) is 15.0. The van der Waals surface area contributed by atoms with Crippen molar-refractivity contribution in [3.63, 3.8) is 0 Å². The Hall–Kier alpha value is -6.64. The molecule has 0 atom stereocenters. The maximum atomic E-state index is 6.93. The lowest BCUT2D eigenvalue weighted by atomic mass is 9.81. The number of rotatable bonds is 5. The van der Waals surface area contributed by atoms with E-state index in [2.05, 4.69) is 209 Å². The summed E-state index contributed by atoms with van der Waals surface area (Å²) >= 11 is 0. The van der Waals surface area contributed by atoms with E-state index in [1.165, 1.54) is 66.8 Å². The monoisotopic (exact) mass is 719 g/mol. The summed E-state index contributed by atoms with van der Waals surface area (Å²) < 4.78 is 6.93. The quantitative estimate of drug-likeness (QED) is 0.176. The molecule has 0 radical (unpaired) electrons. The molecule has 2 heteroatoms. The van der Waals surface area contributed by atoms with Crippen LogP contribution in [0, 0.1) is 0 Å². The van der Waals surface area contributed by atoms with E-state index >= 15 is 0 Å². The molecule has 0 amide bonds. The van der Waals surface area contributed by atoms with Crippen molar-refractivity contribution in [3.8, 4) is 44.5 Å². The van der Waals surface area contributed by atoms with Gasteiger partial charge < -0.3 is 9.32 Å². The summed E-state index contributed by atoms with van der Waals surface area (Å²) in [4.78, 5) is 2.39. The number of fused-ring (bicyclic) bond motifs is 10.